The Morgan fingerprint density at radius 3 is 2.09 bits per heavy atom. The van der Waals surface area contributed by atoms with Gasteiger partial charge in [-0.3, -0.25) is 14.5 Å². The zero-order chi connectivity index (χ0) is 15.9. The minimum atomic E-state index is -0.924. The first kappa shape index (κ1) is 14.9. The average Bonchev–Trinajstić information content (AvgIpc) is 2.94. The number of carbonyl (C=O) groups excluding carboxylic acids is 2. The van der Waals surface area contributed by atoms with Crippen molar-refractivity contribution in [1.29, 1.82) is 0 Å². The molecule has 0 radical (unpaired) electrons. The molecule has 0 saturated carbocycles. The first-order valence-corrected chi connectivity index (χ1v) is 7.18. The van der Waals surface area contributed by atoms with E-state index in [1.54, 1.807) is 0 Å². The number of fused-ring (bicyclic) bond motifs is 1. The van der Waals surface area contributed by atoms with Gasteiger partial charge >= 0.3 is 11.8 Å². The van der Waals surface area contributed by atoms with Crippen molar-refractivity contribution in [2.45, 2.75) is 6.54 Å². The summed E-state index contributed by atoms with van der Waals surface area (Å²) in [4.78, 5) is 26.1. The Morgan fingerprint density at radius 2 is 1.59 bits per heavy atom. The van der Waals surface area contributed by atoms with Crippen molar-refractivity contribution in [2.75, 3.05) is 26.2 Å². The lowest BCUT2D eigenvalue weighted by atomic mass is 10.0. The van der Waals surface area contributed by atoms with Crippen LogP contribution in [0.15, 0.2) is 18.2 Å². The second-order valence-electron chi connectivity index (χ2n) is 6.07. The largest absolute Gasteiger partial charge is 0.361 e. The van der Waals surface area contributed by atoms with E-state index in [0.717, 1.165) is 19.2 Å². The molecule has 2 aliphatic rings. The molecule has 5 nitrogen and oxygen atoms in total. The fraction of sp³-hybridized carbons (Fsp3) is 0.467. The molecule has 3 rings (SSSR count). The van der Waals surface area contributed by atoms with Gasteiger partial charge in [0.2, 0.25) is 0 Å². The lowest BCUT2D eigenvalue weighted by molar-refractivity contribution is -0.143. The molecule has 0 aliphatic carbocycles. The molecule has 2 fully saturated rings. The summed E-state index contributed by atoms with van der Waals surface area (Å²) in [6.45, 7) is 2.99. The molecular formula is C15H17F2N3O2. The number of rotatable bonds is 2. The van der Waals surface area contributed by atoms with Crippen molar-refractivity contribution < 1.29 is 18.4 Å². The maximum absolute atomic E-state index is 13.2. The molecule has 0 bridgehead atoms. The van der Waals surface area contributed by atoms with Crippen LogP contribution >= 0.6 is 0 Å². The Labute approximate surface area is 126 Å². The number of carbonyl (C=O) groups is 2. The number of nitrogens with zero attached hydrogens (tertiary/aromatic N) is 2. The molecule has 2 saturated heterocycles. The summed E-state index contributed by atoms with van der Waals surface area (Å²) >= 11 is 0. The molecule has 118 valence electrons. The number of benzene rings is 1. The molecule has 2 atom stereocenters. The van der Waals surface area contributed by atoms with E-state index in [1.807, 2.05) is 0 Å². The summed E-state index contributed by atoms with van der Waals surface area (Å²) in [7, 11) is 0. The maximum Gasteiger partial charge on any atom is 0.311 e. The third kappa shape index (κ3) is 2.94. The van der Waals surface area contributed by atoms with Gasteiger partial charge in [0.25, 0.3) is 0 Å². The summed E-state index contributed by atoms with van der Waals surface area (Å²) in [5.74, 6) is -2.15. The maximum atomic E-state index is 13.2. The normalized spacial score (nSPS) is 24.5. The van der Waals surface area contributed by atoms with Gasteiger partial charge in [-0.05, 0) is 29.5 Å². The Balaban J connectivity index is 1.59. The highest BCUT2D eigenvalue weighted by atomic mass is 19.1. The topological polar surface area (TPSA) is 66.6 Å². The van der Waals surface area contributed by atoms with Crippen LogP contribution in [0.5, 0.6) is 0 Å². The van der Waals surface area contributed by atoms with Gasteiger partial charge in [0.1, 0.15) is 11.6 Å². The van der Waals surface area contributed by atoms with Gasteiger partial charge in [0.15, 0.2) is 0 Å². The molecule has 2 N–H and O–H groups in total. The molecule has 1 aromatic rings. The first-order chi connectivity index (χ1) is 10.4. The molecule has 22 heavy (non-hydrogen) atoms. The van der Waals surface area contributed by atoms with Crippen LogP contribution in [-0.2, 0) is 16.1 Å². The van der Waals surface area contributed by atoms with E-state index < -0.39 is 23.4 Å². The SMILES string of the molecule is NC(=O)C(=O)N1CC2CN(Cc3cc(F)cc(F)c3)CC2C1. The molecule has 2 unspecified atom stereocenters. The van der Waals surface area contributed by atoms with Crippen LogP contribution in [0, 0.1) is 23.5 Å². The Bertz CT molecular complexity index is 589. The molecule has 0 aromatic heterocycles. The van der Waals surface area contributed by atoms with Crippen LogP contribution in [0.3, 0.4) is 0 Å². The highest BCUT2D eigenvalue weighted by Gasteiger charge is 2.42. The average molecular weight is 309 g/mol. The Kier molecular flexibility index (Phi) is 3.82. The van der Waals surface area contributed by atoms with E-state index in [1.165, 1.54) is 17.0 Å². The molecular weight excluding hydrogens is 292 g/mol. The summed E-state index contributed by atoms with van der Waals surface area (Å²) in [6, 6.07) is 3.52. The fourth-order valence-corrected chi connectivity index (χ4v) is 3.50. The molecule has 2 heterocycles. The zero-order valence-corrected chi connectivity index (χ0v) is 12.0. The third-order valence-electron chi connectivity index (χ3n) is 4.39. The van der Waals surface area contributed by atoms with Crippen molar-refractivity contribution in [2.24, 2.45) is 17.6 Å². The molecule has 7 heteroatoms. The van der Waals surface area contributed by atoms with E-state index in [9.17, 15) is 18.4 Å². The number of primary amides is 1. The van der Waals surface area contributed by atoms with Crippen LogP contribution < -0.4 is 5.73 Å². The van der Waals surface area contributed by atoms with Crippen molar-refractivity contribution >= 4 is 11.8 Å². The molecule has 2 amide bonds. The number of likely N-dealkylation sites (tertiary alicyclic amines) is 2. The van der Waals surface area contributed by atoms with Gasteiger partial charge in [-0.2, -0.15) is 0 Å². The third-order valence-corrected chi connectivity index (χ3v) is 4.39. The summed E-state index contributed by atoms with van der Waals surface area (Å²) in [5, 5.41) is 0. The van der Waals surface area contributed by atoms with Crippen molar-refractivity contribution in [3.05, 3.63) is 35.4 Å². The smallest absolute Gasteiger partial charge is 0.311 e. The van der Waals surface area contributed by atoms with E-state index in [4.69, 9.17) is 5.73 Å². The lowest BCUT2D eigenvalue weighted by Crippen LogP contribution is -2.40. The minimum Gasteiger partial charge on any atom is -0.361 e. The van der Waals surface area contributed by atoms with Crippen LogP contribution in [0.2, 0.25) is 0 Å². The quantitative estimate of drug-likeness (QED) is 0.801. The van der Waals surface area contributed by atoms with E-state index in [-0.39, 0.29) is 11.8 Å². The summed E-state index contributed by atoms with van der Waals surface area (Å²) < 4.78 is 26.4. The van der Waals surface area contributed by atoms with Crippen LogP contribution in [0.1, 0.15) is 5.56 Å². The fourth-order valence-electron chi connectivity index (χ4n) is 3.50. The van der Waals surface area contributed by atoms with E-state index >= 15 is 0 Å². The van der Waals surface area contributed by atoms with E-state index in [0.29, 0.717) is 25.2 Å². The van der Waals surface area contributed by atoms with Gasteiger partial charge in [0.05, 0.1) is 0 Å². The summed E-state index contributed by atoms with van der Waals surface area (Å²) in [5.41, 5.74) is 5.61. The molecule has 1 aromatic carbocycles. The van der Waals surface area contributed by atoms with Gasteiger partial charge in [-0.15, -0.1) is 0 Å². The van der Waals surface area contributed by atoms with Gasteiger partial charge in [-0.25, -0.2) is 8.78 Å². The van der Waals surface area contributed by atoms with Crippen LogP contribution in [-0.4, -0.2) is 47.8 Å². The standard InChI is InChI=1S/C15H17F2N3O2/c16-12-1-9(2-13(17)3-12)4-19-5-10-7-20(8-11(10)6-19)15(22)14(18)21/h1-3,10-11H,4-8H2,(H2,18,21). The van der Waals surface area contributed by atoms with Gasteiger partial charge in [0, 0.05) is 38.8 Å². The van der Waals surface area contributed by atoms with Crippen LogP contribution in [0.25, 0.3) is 0 Å². The molecule has 2 aliphatic heterocycles. The number of amides is 2. The van der Waals surface area contributed by atoms with Crippen molar-refractivity contribution in [3.63, 3.8) is 0 Å². The number of hydrogen-bond donors (Lipinski definition) is 1. The van der Waals surface area contributed by atoms with E-state index in [2.05, 4.69) is 4.90 Å². The highest BCUT2D eigenvalue weighted by molar-refractivity contribution is 6.34. The highest BCUT2D eigenvalue weighted by Crippen LogP contribution is 2.32. The summed E-state index contributed by atoms with van der Waals surface area (Å²) in [6.07, 6.45) is 0. The minimum absolute atomic E-state index is 0.279. The predicted molar refractivity (Wildman–Crippen MR) is 74.4 cm³/mol. The zero-order valence-electron chi connectivity index (χ0n) is 12.0. The predicted octanol–water partition coefficient (Wildman–Crippen LogP) is 0.340. The number of hydrogen-bond acceptors (Lipinski definition) is 3. The second kappa shape index (κ2) is 5.64. The Morgan fingerprint density at radius 1 is 1.05 bits per heavy atom. The number of nitrogens with two attached hydrogens (primary N) is 1. The molecule has 0 spiro atoms. The van der Waals surface area contributed by atoms with Crippen LogP contribution in [0.4, 0.5) is 8.78 Å². The van der Waals surface area contributed by atoms with Gasteiger partial charge in [-0.1, -0.05) is 0 Å². The van der Waals surface area contributed by atoms with Crippen molar-refractivity contribution in [3.8, 4) is 0 Å². The Hall–Kier alpha value is -2.02. The monoisotopic (exact) mass is 309 g/mol. The van der Waals surface area contributed by atoms with Crippen molar-refractivity contribution in [1.82, 2.24) is 9.80 Å². The first-order valence-electron chi connectivity index (χ1n) is 7.18. The second-order valence-corrected chi connectivity index (χ2v) is 6.07. The number of halogens is 2. The van der Waals surface area contributed by atoms with Gasteiger partial charge < -0.3 is 10.6 Å². The lowest BCUT2D eigenvalue weighted by Gasteiger charge is -2.20.